The third-order valence-electron chi connectivity index (χ3n) is 6.55. The zero-order valence-electron chi connectivity index (χ0n) is 22.6. The van der Waals surface area contributed by atoms with Gasteiger partial charge in [0.25, 0.3) is 0 Å². The molecule has 0 saturated carbocycles. The highest BCUT2D eigenvalue weighted by molar-refractivity contribution is 5.74. The van der Waals surface area contributed by atoms with Gasteiger partial charge in [-0.05, 0) is 48.4 Å². The number of hydrogen-bond acceptors (Lipinski definition) is 8. The van der Waals surface area contributed by atoms with E-state index in [1.807, 2.05) is 55.5 Å². The third-order valence-corrected chi connectivity index (χ3v) is 6.55. The summed E-state index contributed by atoms with van der Waals surface area (Å²) in [4.78, 5) is 12.5. The molecule has 0 saturated heterocycles. The lowest BCUT2D eigenvalue weighted by molar-refractivity contribution is -0.136. The molecular formula is C33H28N2O6. The van der Waals surface area contributed by atoms with Gasteiger partial charge in [-0.2, -0.15) is 5.26 Å². The zero-order valence-corrected chi connectivity index (χ0v) is 22.6. The maximum Gasteiger partial charge on any atom is 0.349 e. The molecule has 0 fully saturated rings. The molecule has 4 aromatic carbocycles. The van der Waals surface area contributed by atoms with Crippen LogP contribution < -0.4 is 29.4 Å². The monoisotopic (exact) mass is 548 g/mol. The largest absolute Gasteiger partial charge is 0.493 e. The number of allylic oxidation sites excluding steroid dienone is 1. The number of esters is 1. The van der Waals surface area contributed by atoms with Gasteiger partial charge in [-0.15, -0.1) is 0 Å². The van der Waals surface area contributed by atoms with Crippen LogP contribution in [0.5, 0.6) is 28.7 Å². The maximum atomic E-state index is 12.5. The van der Waals surface area contributed by atoms with E-state index < -0.39 is 11.9 Å². The molecule has 5 rings (SSSR count). The molecule has 1 aliphatic rings. The molecule has 8 nitrogen and oxygen atoms in total. The Morgan fingerprint density at radius 3 is 2.46 bits per heavy atom. The van der Waals surface area contributed by atoms with E-state index in [2.05, 4.69) is 6.07 Å². The van der Waals surface area contributed by atoms with E-state index >= 15 is 0 Å². The number of fused-ring (bicyclic) bond motifs is 1. The lowest BCUT2D eigenvalue weighted by atomic mass is 9.83. The molecule has 1 unspecified atom stereocenters. The molecule has 8 heteroatoms. The minimum absolute atomic E-state index is 0.0149. The molecular weight excluding hydrogens is 520 g/mol. The van der Waals surface area contributed by atoms with Crippen molar-refractivity contribution in [2.75, 3.05) is 13.7 Å². The number of rotatable bonds is 9. The first-order valence-corrected chi connectivity index (χ1v) is 12.9. The lowest BCUT2D eigenvalue weighted by Gasteiger charge is -2.27. The van der Waals surface area contributed by atoms with Crippen molar-refractivity contribution >= 4 is 5.97 Å². The summed E-state index contributed by atoms with van der Waals surface area (Å²) >= 11 is 0. The van der Waals surface area contributed by atoms with Gasteiger partial charge in [0, 0.05) is 11.6 Å². The molecule has 1 heterocycles. The van der Waals surface area contributed by atoms with Crippen LogP contribution in [0.2, 0.25) is 0 Å². The summed E-state index contributed by atoms with van der Waals surface area (Å²) in [6.07, 6.45) is 0. The van der Waals surface area contributed by atoms with Gasteiger partial charge in [0.2, 0.25) is 5.88 Å². The summed E-state index contributed by atoms with van der Waals surface area (Å²) in [6, 6.07) is 29.9. The number of para-hydroxylation sites is 2. The van der Waals surface area contributed by atoms with Crippen LogP contribution in [0.15, 0.2) is 102 Å². The summed E-state index contributed by atoms with van der Waals surface area (Å²) in [5.74, 6) is 1.11. The Morgan fingerprint density at radius 1 is 0.927 bits per heavy atom. The predicted octanol–water partition coefficient (Wildman–Crippen LogP) is 5.79. The fourth-order valence-corrected chi connectivity index (χ4v) is 4.51. The van der Waals surface area contributed by atoms with E-state index in [1.165, 1.54) is 12.7 Å². The molecule has 1 atom stereocenters. The molecule has 0 aliphatic carbocycles. The summed E-state index contributed by atoms with van der Waals surface area (Å²) in [5.41, 5.74) is 10.2. The normalized spacial score (nSPS) is 13.8. The number of aryl methyl sites for hydroxylation is 1. The molecule has 0 radical (unpaired) electrons. The summed E-state index contributed by atoms with van der Waals surface area (Å²) in [7, 11) is 1.52. The third kappa shape index (κ3) is 6.26. The molecule has 206 valence electrons. The van der Waals surface area contributed by atoms with Crippen LogP contribution in [0, 0.1) is 18.3 Å². The van der Waals surface area contributed by atoms with Crippen LogP contribution in [0.1, 0.15) is 28.2 Å². The molecule has 0 aromatic heterocycles. The van der Waals surface area contributed by atoms with Crippen LogP contribution in [-0.4, -0.2) is 19.7 Å². The number of benzene rings is 4. The molecule has 1 aliphatic heterocycles. The number of carbonyl (C=O) groups excluding carboxylic acids is 1. The first-order valence-electron chi connectivity index (χ1n) is 12.9. The number of ether oxygens (including phenoxy) is 5. The number of hydrogen-bond donors (Lipinski definition) is 1. The van der Waals surface area contributed by atoms with Gasteiger partial charge in [0.15, 0.2) is 18.1 Å². The lowest BCUT2D eigenvalue weighted by Crippen LogP contribution is -2.21. The standard InChI is InChI=1S/C33H28N2O6/c1-21-10-12-22(13-11-21)19-38-24-7-5-6-23(16-24)32-26-15-14-25(17-30(26)41-33(35)27(32)18-34)40-31(36)20-39-29-9-4-3-8-28(29)37-2/h3-17,32H,19-20,35H2,1-2H3. The number of nitrogens with zero attached hydrogens (tertiary/aromatic N) is 1. The number of carbonyl (C=O) groups is 1. The molecule has 4 aromatic rings. The van der Waals surface area contributed by atoms with Gasteiger partial charge >= 0.3 is 5.97 Å². The Hall–Kier alpha value is -5.42. The van der Waals surface area contributed by atoms with Gasteiger partial charge < -0.3 is 29.4 Å². The molecule has 0 amide bonds. The maximum absolute atomic E-state index is 12.5. The van der Waals surface area contributed by atoms with E-state index in [0.717, 1.165) is 11.1 Å². The smallest absolute Gasteiger partial charge is 0.349 e. The second-order valence-corrected chi connectivity index (χ2v) is 9.38. The Balaban J connectivity index is 1.33. The van der Waals surface area contributed by atoms with Crippen molar-refractivity contribution in [1.82, 2.24) is 0 Å². The first-order chi connectivity index (χ1) is 19.9. The van der Waals surface area contributed by atoms with Gasteiger partial charge in [-0.1, -0.05) is 60.2 Å². The zero-order chi connectivity index (χ0) is 28.8. The Labute approximate surface area is 238 Å². The van der Waals surface area contributed by atoms with Crippen molar-refractivity contribution in [3.05, 3.63) is 125 Å². The minimum atomic E-state index is -0.608. The average Bonchev–Trinajstić information content (AvgIpc) is 2.99. The second kappa shape index (κ2) is 12.2. The van der Waals surface area contributed by atoms with E-state index in [4.69, 9.17) is 29.4 Å². The van der Waals surface area contributed by atoms with E-state index in [0.29, 0.717) is 35.2 Å². The number of methoxy groups -OCH3 is 1. The SMILES string of the molecule is COc1ccccc1OCC(=O)Oc1ccc2c(c1)OC(N)=C(C#N)C2c1cccc(OCc2ccc(C)cc2)c1. The summed E-state index contributed by atoms with van der Waals surface area (Å²) in [6.45, 7) is 2.13. The van der Waals surface area contributed by atoms with Gasteiger partial charge in [-0.25, -0.2) is 4.79 Å². The van der Waals surface area contributed by atoms with Crippen molar-refractivity contribution in [3.8, 4) is 34.8 Å². The molecule has 0 bridgehead atoms. The predicted molar refractivity (Wildman–Crippen MR) is 152 cm³/mol. The molecule has 2 N–H and O–H groups in total. The Kier molecular flexibility index (Phi) is 8.07. The van der Waals surface area contributed by atoms with Gasteiger partial charge in [0.05, 0.1) is 13.0 Å². The van der Waals surface area contributed by atoms with Crippen molar-refractivity contribution < 1.29 is 28.5 Å². The number of nitriles is 1. The first kappa shape index (κ1) is 27.2. The highest BCUT2D eigenvalue weighted by Crippen LogP contribution is 2.44. The molecule has 0 spiro atoms. The minimum Gasteiger partial charge on any atom is -0.493 e. The van der Waals surface area contributed by atoms with Crippen LogP contribution in [0.4, 0.5) is 0 Å². The van der Waals surface area contributed by atoms with Gasteiger partial charge in [0.1, 0.15) is 35.5 Å². The van der Waals surface area contributed by atoms with Gasteiger partial charge in [-0.3, -0.25) is 0 Å². The van der Waals surface area contributed by atoms with Crippen molar-refractivity contribution in [2.24, 2.45) is 5.73 Å². The van der Waals surface area contributed by atoms with Crippen molar-refractivity contribution in [2.45, 2.75) is 19.4 Å². The average molecular weight is 549 g/mol. The topological polar surface area (TPSA) is 113 Å². The Morgan fingerprint density at radius 2 is 1.71 bits per heavy atom. The van der Waals surface area contributed by atoms with Crippen molar-refractivity contribution in [3.63, 3.8) is 0 Å². The van der Waals surface area contributed by atoms with Crippen LogP contribution in [0.3, 0.4) is 0 Å². The van der Waals surface area contributed by atoms with E-state index in [1.54, 1.807) is 42.5 Å². The second-order valence-electron chi connectivity index (χ2n) is 9.38. The van der Waals surface area contributed by atoms with Crippen LogP contribution in [0.25, 0.3) is 0 Å². The summed E-state index contributed by atoms with van der Waals surface area (Å²) < 4.78 is 28.1. The highest BCUT2D eigenvalue weighted by atomic mass is 16.6. The van der Waals surface area contributed by atoms with E-state index in [9.17, 15) is 10.1 Å². The quantitative estimate of drug-likeness (QED) is 0.207. The number of nitrogens with two attached hydrogens (primary N) is 1. The highest BCUT2D eigenvalue weighted by Gasteiger charge is 2.31. The van der Waals surface area contributed by atoms with Crippen LogP contribution >= 0.6 is 0 Å². The van der Waals surface area contributed by atoms with Crippen molar-refractivity contribution in [1.29, 1.82) is 5.26 Å². The van der Waals surface area contributed by atoms with E-state index in [-0.39, 0.29) is 23.8 Å². The fourth-order valence-electron chi connectivity index (χ4n) is 4.51. The fraction of sp³-hybridized carbons (Fsp3) is 0.152. The Bertz CT molecular complexity index is 1640. The molecule has 41 heavy (non-hydrogen) atoms. The summed E-state index contributed by atoms with van der Waals surface area (Å²) in [5, 5.41) is 9.94. The van der Waals surface area contributed by atoms with Crippen LogP contribution in [-0.2, 0) is 11.4 Å².